The zero-order valence-electron chi connectivity index (χ0n) is 23.5. The van der Waals surface area contributed by atoms with E-state index in [-0.39, 0.29) is 5.92 Å². The van der Waals surface area contributed by atoms with Gasteiger partial charge in [0.15, 0.2) is 19.9 Å². The molecule has 0 aromatic heterocycles. The van der Waals surface area contributed by atoms with E-state index in [2.05, 4.69) is 76.7 Å². The van der Waals surface area contributed by atoms with Gasteiger partial charge in [-0.2, -0.15) is 0 Å². The van der Waals surface area contributed by atoms with Crippen LogP contribution in [0.4, 0.5) is 0 Å². The zero-order valence-corrected chi connectivity index (χ0v) is 25.2. The number of thioether (sulfide) groups is 1. The molecule has 7 nitrogen and oxygen atoms in total. The molecule has 0 aromatic carbocycles. The highest BCUT2D eigenvalue weighted by Gasteiger charge is 2.35. The van der Waals surface area contributed by atoms with Gasteiger partial charge >= 0.3 is 0 Å². The minimum absolute atomic E-state index is 0.187. The first-order valence-electron chi connectivity index (χ1n) is 13.1. The Kier molecular flexibility index (Phi) is 16.0. The lowest BCUT2D eigenvalue weighted by molar-refractivity contribution is -0.152. The molecule has 0 bridgehead atoms. The maximum atomic E-state index is 12.5. The van der Waals surface area contributed by atoms with E-state index in [9.17, 15) is 4.79 Å². The van der Waals surface area contributed by atoms with Crippen LogP contribution in [0.15, 0.2) is 0 Å². The van der Waals surface area contributed by atoms with Gasteiger partial charge < -0.3 is 18.9 Å². The summed E-state index contributed by atoms with van der Waals surface area (Å²) in [6.45, 7) is 23.2. The monoisotopic (exact) mass is 521 g/mol. The summed E-state index contributed by atoms with van der Waals surface area (Å²) in [6, 6.07) is 1.44. The standard InChI is InChI=1S/C25H52N3O4PS/c1-11-30-24(31-16-17-34-25(29)23-12-14-26(10)15-13-23)18-32-33(27(19(2)3)20(4)5)28(21(6)7)22(8)9/h19-24H,11-18H2,1-10H3. The van der Waals surface area contributed by atoms with Gasteiger partial charge in [0.2, 0.25) is 0 Å². The molecular formula is C25H52N3O4PS. The summed E-state index contributed by atoms with van der Waals surface area (Å²) in [5, 5.41) is 0.304. The van der Waals surface area contributed by atoms with Gasteiger partial charge in [-0.15, -0.1) is 0 Å². The molecule has 34 heavy (non-hydrogen) atoms. The first-order valence-corrected chi connectivity index (χ1v) is 15.2. The Balaban J connectivity index is 2.68. The lowest BCUT2D eigenvalue weighted by Gasteiger charge is -2.45. The molecule has 1 rings (SSSR count). The number of hydrogen-bond acceptors (Lipinski definition) is 8. The van der Waals surface area contributed by atoms with Gasteiger partial charge in [-0.25, -0.2) is 9.34 Å². The highest BCUT2D eigenvalue weighted by Crippen LogP contribution is 2.50. The molecule has 0 spiro atoms. The molecule has 0 saturated carbocycles. The summed E-state index contributed by atoms with van der Waals surface area (Å²) in [4.78, 5) is 14.8. The van der Waals surface area contributed by atoms with E-state index in [0.717, 1.165) is 25.9 Å². The molecular weight excluding hydrogens is 469 g/mol. The molecule has 0 amide bonds. The fraction of sp³-hybridized carbons (Fsp3) is 0.960. The average Bonchev–Trinajstić information content (AvgIpc) is 2.73. The van der Waals surface area contributed by atoms with Crippen LogP contribution in [0.2, 0.25) is 0 Å². The summed E-state index contributed by atoms with van der Waals surface area (Å²) in [7, 11) is 1.13. The van der Waals surface area contributed by atoms with Crippen molar-refractivity contribution in [1.29, 1.82) is 0 Å². The smallest absolute Gasteiger partial charge is 0.192 e. The van der Waals surface area contributed by atoms with Crippen LogP contribution in [0, 0.1) is 5.92 Å². The highest BCUT2D eigenvalue weighted by atomic mass is 32.2. The minimum atomic E-state index is -0.987. The molecule has 1 atom stereocenters. The number of rotatable bonds is 16. The zero-order chi connectivity index (χ0) is 25.8. The van der Waals surface area contributed by atoms with E-state index in [1.54, 1.807) is 0 Å². The quantitative estimate of drug-likeness (QED) is 0.151. The summed E-state index contributed by atoms with van der Waals surface area (Å²) >= 11 is 1.40. The van der Waals surface area contributed by atoms with E-state index >= 15 is 0 Å². The first kappa shape index (κ1) is 32.2. The Bertz CT molecular complexity index is 524. The van der Waals surface area contributed by atoms with E-state index in [1.165, 1.54) is 11.8 Å². The summed E-state index contributed by atoms with van der Waals surface area (Å²) in [5.74, 6) is 0.837. The molecule has 202 valence electrons. The van der Waals surface area contributed by atoms with Crippen LogP contribution in [0.3, 0.4) is 0 Å². The Morgan fingerprint density at radius 2 is 1.44 bits per heavy atom. The van der Waals surface area contributed by atoms with Gasteiger partial charge in [0.25, 0.3) is 0 Å². The third-order valence-corrected chi connectivity index (χ3v) is 9.88. The summed E-state index contributed by atoms with van der Waals surface area (Å²) in [5.41, 5.74) is 0. The molecule has 1 saturated heterocycles. The second kappa shape index (κ2) is 16.9. The lowest BCUT2D eigenvalue weighted by Crippen LogP contribution is -2.44. The third-order valence-electron chi connectivity index (χ3n) is 5.87. The van der Waals surface area contributed by atoms with E-state index in [0.29, 0.717) is 54.9 Å². The van der Waals surface area contributed by atoms with Crippen molar-refractivity contribution in [1.82, 2.24) is 14.2 Å². The molecule has 1 heterocycles. The molecule has 9 heteroatoms. The molecule has 1 aliphatic rings. The maximum Gasteiger partial charge on any atom is 0.192 e. The number of ether oxygens (including phenoxy) is 2. The number of piperidine rings is 1. The fourth-order valence-corrected chi connectivity index (χ4v) is 7.57. The van der Waals surface area contributed by atoms with Crippen LogP contribution in [0.5, 0.6) is 0 Å². The van der Waals surface area contributed by atoms with Crippen LogP contribution in [-0.2, 0) is 18.8 Å². The molecule has 1 fully saturated rings. The fourth-order valence-electron chi connectivity index (χ4n) is 4.38. The van der Waals surface area contributed by atoms with Gasteiger partial charge in [0.1, 0.15) is 6.61 Å². The minimum Gasteiger partial charge on any atom is -0.351 e. The normalized spacial score (nSPS) is 17.4. The second-order valence-electron chi connectivity index (χ2n) is 10.2. The third kappa shape index (κ3) is 11.1. The lowest BCUT2D eigenvalue weighted by atomic mass is 9.99. The number of carbonyl (C=O) groups excluding carboxylic acids is 1. The van der Waals surface area contributed by atoms with Crippen molar-refractivity contribution in [2.45, 2.75) is 106 Å². The second-order valence-corrected chi connectivity index (χ2v) is 13.0. The Morgan fingerprint density at radius 3 is 1.88 bits per heavy atom. The predicted molar refractivity (Wildman–Crippen MR) is 146 cm³/mol. The van der Waals surface area contributed by atoms with Crippen LogP contribution in [0.25, 0.3) is 0 Å². The molecule has 1 unspecified atom stereocenters. The van der Waals surface area contributed by atoms with E-state index < -0.39 is 14.7 Å². The number of hydrogen-bond donors (Lipinski definition) is 0. The maximum absolute atomic E-state index is 12.5. The van der Waals surface area contributed by atoms with Crippen molar-refractivity contribution in [3.05, 3.63) is 0 Å². The van der Waals surface area contributed by atoms with Crippen LogP contribution in [-0.4, -0.2) is 95.5 Å². The van der Waals surface area contributed by atoms with Crippen LogP contribution >= 0.6 is 20.2 Å². The van der Waals surface area contributed by atoms with Crippen LogP contribution < -0.4 is 0 Å². The predicted octanol–water partition coefficient (Wildman–Crippen LogP) is 5.45. The molecule has 0 radical (unpaired) electrons. The number of nitrogens with zero attached hydrogens (tertiary/aromatic N) is 3. The molecule has 0 N–H and O–H groups in total. The molecule has 0 aromatic rings. The van der Waals surface area contributed by atoms with Crippen molar-refractivity contribution in [2.75, 3.05) is 45.7 Å². The van der Waals surface area contributed by atoms with E-state index in [1.807, 2.05) is 6.92 Å². The van der Waals surface area contributed by atoms with E-state index in [4.69, 9.17) is 14.0 Å². The Morgan fingerprint density at radius 1 is 0.941 bits per heavy atom. The Labute approximate surface area is 215 Å². The summed E-state index contributed by atoms with van der Waals surface area (Å²) in [6.07, 6.45) is 1.50. The van der Waals surface area contributed by atoms with Gasteiger partial charge in [-0.1, -0.05) is 11.8 Å². The number of likely N-dealkylation sites (tertiary alicyclic amines) is 1. The van der Waals surface area contributed by atoms with Crippen molar-refractivity contribution in [3.63, 3.8) is 0 Å². The molecule has 1 aliphatic heterocycles. The SMILES string of the molecule is CCOC(COP(N(C(C)C)C(C)C)N(C(C)C)C(C)C)OCCSC(=O)C1CCN(C)CC1. The highest BCUT2D eigenvalue weighted by molar-refractivity contribution is 8.13. The van der Waals surface area contributed by atoms with Gasteiger partial charge in [-0.3, -0.25) is 4.79 Å². The van der Waals surface area contributed by atoms with Gasteiger partial charge in [0, 0.05) is 42.4 Å². The molecule has 0 aliphatic carbocycles. The number of carbonyl (C=O) groups is 1. The topological polar surface area (TPSA) is 54.5 Å². The van der Waals surface area contributed by atoms with Crippen LogP contribution in [0.1, 0.15) is 75.2 Å². The van der Waals surface area contributed by atoms with Crippen molar-refractivity contribution < 1.29 is 18.8 Å². The van der Waals surface area contributed by atoms with Gasteiger partial charge in [-0.05, 0) is 95.3 Å². The Hall–Kier alpha value is 0.210. The van der Waals surface area contributed by atoms with Gasteiger partial charge in [0.05, 0.1) is 6.61 Å². The average molecular weight is 522 g/mol. The summed E-state index contributed by atoms with van der Waals surface area (Å²) < 4.78 is 23.4. The van der Waals surface area contributed by atoms with Crippen molar-refractivity contribution >= 4 is 25.3 Å². The van der Waals surface area contributed by atoms with Crippen molar-refractivity contribution in [2.24, 2.45) is 5.92 Å². The van der Waals surface area contributed by atoms with Crippen molar-refractivity contribution in [3.8, 4) is 0 Å². The largest absolute Gasteiger partial charge is 0.351 e. The first-order chi connectivity index (χ1) is 16.0.